The highest BCUT2D eigenvalue weighted by molar-refractivity contribution is 6.24. The van der Waals surface area contributed by atoms with E-state index in [2.05, 4.69) is 24.2 Å². The van der Waals surface area contributed by atoms with Crippen LogP contribution in [0, 0.1) is 0 Å². The summed E-state index contributed by atoms with van der Waals surface area (Å²) in [5.41, 5.74) is 5.17. The lowest BCUT2D eigenvalue weighted by Crippen LogP contribution is -2.46. The van der Waals surface area contributed by atoms with Gasteiger partial charge in [-0.15, -0.1) is 0 Å². The van der Waals surface area contributed by atoms with Crippen LogP contribution in [0.4, 0.5) is 0 Å². The first-order chi connectivity index (χ1) is 12.8. The van der Waals surface area contributed by atoms with Crippen LogP contribution < -0.4 is 0 Å². The van der Waals surface area contributed by atoms with E-state index >= 15 is 0 Å². The third-order valence-electron chi connectivity index (χ3n) is 4.95. The molecule has 1 fully saturated rings. The molecule has 1 saturated heterocycles. The zero-order chi connectivity index (χ0) is 17.9. The van der Waals surface area contributed by atoms with Gasteiger partial charge in [0.05, 0.1) is 12.7 Å². The molecular formula is C21H22N2O3. The fourth-order valence-electron chi connectivity index (χ4n) is 3.53. The second kappa shape index (κ2) is 7.30. The van der Waals surface area contributed by atoms with Gasteiger partial charge in [-0.2, -0.15) is 0 Å². The molecule has 5 nitrogen and oxygen atoms in total. The van der Waals surface area contributed by atoms with E-state index in [0.717, 1.165) is 34.4 Å². The van der Waals surface area contributed by atoms with Crippen molar-refractivity contribution in [3.63, 3.8) is 0 Å². The molecule has 0 radical (unpaired) electrons. The van der Waals surface area contributed by atoms with Crippen molar-refractivity contribution in [2.75, 3.05) is 26.3 Å². The number of morpholine rings is 1. The molecule has 1 heterocycles. The Balaban J connectivity index is 1.48. The van der Waals surface area contributed by atoms with E-state index in [9.17, 15) is 4.79 Å². The van der Waals surface area contributed by atoms with E-state index in [0.29, 0.717) is 19.7 Å². The highest BCUT2D eigenvalue weighted by Gasteiger charge is 2.26. The Hall–Kier alpha value is -2.66. The quantitative estimate of drug-likeness (QED) is 0.680. The number of hydrogen-bond donors (Lipinski definition) is 0. The Morgan fingerprint density at radius 1 is 1.12 bits per heavy atom. The van der Waals surface area contributed by atoms with Gasteiger partial charge in [-0.3, -0.25) is 4.79 Å². The van der Waals surface area contributed by atoms with E-state index in [4.69, 9.17) is 9.57 Å². The Bertz CT molecular complexity index is 799. The Morgan fingerprint density at radius 3 is 2.35 bits per heavy atom. The van der Waals surface area contributed by atoms with E-state index in [1.54, 1.807) is 4.90 Å². The molecule has 0 spiro atoms. The summed E-state index contributed by atoms with van der Waals surface area (Å²) in [6.45, 7) is 3.84. The van der Waals surface area contributed by atoms with Crippen LogP contribution in [0.3, 0.4) is 0 Å². The number of ether oxygens (including phenoxy) is 1. The molecular weight excluding hydrogens is 328 g/mol. The number of rotatable bonds is 4. The lowest BCUT2D eigenvalue weighted by Gasteiger charge is -2.32. The average molecular weight is 350 g/mol. The fraction of sp³-hybridized carbons (Fsp3) is 0.333. The molecule has 1 aliphatic heterocycles. The molecule has 1 atom stereocenters. The van der Waals surface area contributed by atoms with Crippen molar-refractivity contribution in [2.24, 2.45) is 5.16 Å². The number of oxime groups is 1. The number of carbonyl (C=O) groups excluding carboxylic acids is 1. The van der Waals surface area contributed by atoms with E-state index in [1.807, 2.05) is 36.4 Å². The zero-order valence-electron chi connectivity index (χ0n) is 14.9. The monoisotopic (exact) mass is 350 g/mol. The van der Waals surface area contributed by atoms with E-state index in [1.165, 1.54) is 0 Å². The molecule has 0 unspecified atom stereocenters. The molecule has 2 aromatic rings. The van der Waals surface area contributed by atoms with Crippen LogP contribution in [-0.2, 0) is 14.4 Å². The molecule has 1 aliphatic carbocycles. The molecule has 2 aliphatic rings. The summed E-state index contributed by atoms with van der Waals surface area (Å²) in [7, 11) is 0. The second-order valence-electron chi connectivity index (χ2n) is 6.55. The molecule has 0 bridgehead atoms. The minimum absolute atomic E-state index is 0.0457. The van der Waals surface area contributed by atoms with Crippen molar-refractivity contribution >= 4 is 11.6 Å². The smallest absolute Gasteiger partial charge is 0.263 e. The van der Waals surface area contributed by atoms with Crippen LogP contribution in [0.15, 0.2) is 53.7 Å². The third-order valence-corrected chi connectivity index (χ3v) is 4.95. The molecule has 5 heteroatoms. The molecule has 134 valence electrons. The standard InChI is InChI=1S/C21H22N2O3/c1-2-15-13-23(11-12-25-15)20(24)14-26-22-21-18-9-5-3-7-16(18)17-8-4-6-10-19(17)21/h3-10,15H,2,11-14H2,1H3/t15-/m1/s1. The van der Waals surface area contributed by atoms with Crippen molar-refractivity contribution in [3.8, 4) is 11.1 Å². The Morgan fingerprint density at radius 2 is 1.73 bits per heavy atom. The lowest BCUT2D eigenvalue weighted by atomic mass is 10.1. The minimum atomic E-state index is -0.0513. The van der Waals surface area contributed by atoms with Crippen LogP contribution in [0.1, 0.15) is 24.5 Å². The highest BCUT2D eigenvalue weighted by atomic mass is 16.6. The highest BCUT2D eigenvalue weighted by Crippen LogP contribution is 2.36. The Kier molecular flexibility index (Phi) is 4.71. The van der Waals surface area contributed by atoms with E-state index < -0.39 is 0 Å². The van der Waals surface area contributed by atoms with Crippen LogP contribution in [0.2, 0.25) is 0 Å². The van der Waals surface area contributed by atoms with Crippen molar-refractivity contribution < 1.29 is 14.4 Å². The van der Waals surface area contributed by atoms with Gasteiger partial charge in [-0.1, -0.05) is 60.6 Å². The van der Waals surface area contributed by atoms with Gasteiger partial charge < -0.3 is 14.5 Å². The molecule has 4 rings (SSSR count). The van der Waals surface area contributed by atoms with Gasteiger partial charge in [0.2, 0.25) is 0 Å². The van der Waals surface area contributed by atoms with Gasteiger partial charge in [0, 0.05) is 24.2 Å². The maximum atomic E-state index is 12.4. The summed E-state index contributed by atoms with van der Waals surface area (Å²) >= 11 is 0. The molecule has 26 heavy (non-hydrogen) atoms. The fourth-order valence-corrected chi connectivity index (χ4v) is 3.53. The summed E-state index contributed by atoms with van der Waals surface area (Å²) in [5, 5.41) is 4.32. The molecule has 0 N–H and O–H groups in total. The number of nitrogens with zero attached hydrogens (tertiary/aromatic N) is 2. The lowest BCUT2D eigenvalue weighted by molar-refractivity contribution is -0.143. The number of benzene rings is 2. The summed E-state index contributed by atoms with van der Waals surface area (Å²) < 4.78 is 5.61. The summed E-state index contributed by atoms with van der Waals surface area (Å²) in [6.07, 6.45) is 1.02. The van der Waals surface area contributed by atoms with Crippen LogP contribution in [0.5, 0.6) is 0 Å². The predicted molar refractivity (Wildman–Crippen MR) is 100 cm³/mol. The van der Waals surface area contributed by atoms with E-state index in [-0.39, 0.29) is 18.6 Å². The van der Waals surface area contributed by atoms with Gasteiger partial charge in [-0.25, -0.2) is 0 Å². The topological polar surface area (TPSA) is 51.1 Å². The molecule has 0 saturated carbocycles. The summed E-state index contributed by atoms with van der Waals surface area (Å²) in [6, 6.07) is 16.3. The number of hydrogen-bond acceptors (Lipinski definition) is 4. The van der Waals surface area contributed by atoms with Crippen molar-refractivity contribution in [1.29, 1.82) is 0 Å². The first-order valence-electron chi connectivity index (χ1n) is 9.06. The Labute approximate surface area is 153 Å². The van der Waals surface area contributed by atoms with Crippen molar-refractivity contribution in [2.45, 2.75) is 19.4 Å². The van der Waals surface area contributed by atoms with Gasteiger partial charge in [0.1, 0.15) is 5.71 Å². The molecule has 1 amide bonds. The maximum absolute atomic E-state index is 12.4. The molecule has 0 aromatic heterocycles. The first kappa shape index (κ1) is 16.8. The largest absolute Gasteiger partial charge is 0.385 e. The maximum Gasteiger partial charge on any atom is 0.263 e. The SMILES string of the molecule is CC[C@@H]1CN(C(=O)CON=C2c3ccccc3-c3ccccc32)CCO1. The molecule has 2 aromatic carbocycles. The first-order valence-corrected chi connectivity index (χ1v) is 9.06. The number of amides is 1. The van der Waals surface area contributed by atoms with Gasteiger partial charge in [0.15, 0.2) is 6.61 Å². The normalized spacial score (nSPS) is 18.3. The summed E-state index contributed by atoms with van der Waals surface area (Å²) in [5.74, 6) is -0.0457. The average Bonchev–Trinajstić information content (AvgIpc) is 3.02. The predicted octanol–water partition coefficient (Wildman–Crippen LogP) is 3.07. The van der Waals surface area contributed by atoms with Gasteiger partial charge >= 0.3 is 0 Å². The third kappa shape index (κ3) is 3.10. The summed E-state index contributed by atoms with van der Waals surface area (Å²) in [4.78, 5) is 19.7. The van der Waals surface area contributed by atoms with Crippen molar-refractivity contribution in [1.82, 2.24) is 4.90 Å². The van der Waals surface area contributed by atoms with Gasteiger partial charge in [0.25, 0.3) is 5.91 Å². The number of fused-ring (bicyclic) bond motifs is 3. The number of carbonyl (C=O) groups is 1. The second-order valence-corrected chi connectivity index (χ2v) is 6.55. The van der Waals surface area contributed by atoms with Crippen LogP contribution in [-0.4, -0.2) is 48.9 Å². The van der Waals surface area contributed by atoms with Crippen LogP contribution >= 0.6 is 0 Å². The zero-order valence-corrected chi connectivity index (χ0v) is 14.9. The van der Waals surface area contributed by atoms with Crippen LogP contribution in [0.25, 0.3) is 11.1 Å². The minimum Gasteiger partial charge on any atom is -0.385 e. The van der Waals surface area contributed by atoms with Crippen molar-refractivity contribution in [3.05, 3.63) is 59.7 Å². The van der Waals surface area contributed by atoms with Gasteiger partial charge in [-0.05, 0) is 17.5 Å².